The van der Waals surface area contributed by atoms with E-state index in [0.29, 0.717) is 22.5 Å². The molecule has 0 bridgehead atoms. The topological polar surface area (TPSA) is 78.3 Å². The van der Waals surface area contributed by atoms with E-state index >= 15 is 0 Å². The van der Waals surface area contributed by atoms with Gasteiger partial charge in [-0.15, -0.1) is 10.2 Å². The van der Waals surface area contributed by atoms with E-state index in [1.165, 1.54) is 0 Å². The number of methoxy groups -OCH3 is 1. The summed E-state index contributed by atoms with van der Waals surface area (Å²) < 4.78 is 51.5. The van der Waals surface area contributed by atoms with Crippen LogP contribution < -0.4 is 14.8 Å². The fraction of sp³-hybridized carbons (Fsp3) is 0.286. The number of halogens is 4. The lowest BCUT2D eigenvalue weighted by molar-refractivity contribution is -0.137. The van der Waals surface area contributed by atoms with Gasteiger partial charge in [-0.2, -0.15) is 13.2 Å². The molecule has 3 aromatic rings. The number of carbonyl (C=O) groups excluding carboxylic acids is 1. The lowest BCUT2D eigenvalue weighted by Crippen LogP contribution is -2.16. The number of ether oxygens (including phenoxy) is 2. The van der Waals surface area contributed by atoms with Crippen LogP contribution in [0.25, 0.3) is 0 Å². The van der Waals surface area contributed by atoms with Crippen LogP contribution in [-0.2, 0) is 18.0 Å². The summed E-state index contributed by atoms with van der Waals surface area (Å²) in [4.78, 5) is 12.3. The van der Waals surface area contributed by atoms with E-state index in [4.69, 9.17) is 21.1 Å². The molecule has 33 heavy (non-hydrogen) atoms. The van der Waals surface area contributed by atoms with E-state index in [0.717, 1.165) is 30.0 Å². The van der Waals surface area contributed by atoms with E-state index < -0.39 is 23.8 Å². The number of anilines is 1. The quantitative estimate of drug-likeness (QED) is 0.419. The van der Waals surface area contributed by atoms with Crippen molar-refractivity contribution in [3.05, 3.63) is 58.9 Å². The average molecular weight is 501 g/mol. The molecule has 1 aromatic heterocycles. The Morgan fingerprint density at radius 1 is 1.21 bits per heavy atom. The lowest BCUT2D eigenvalue weighted by Gasteiger charge is -2.15. The smallest absolute Gasteiger partial charge is 0.416 e. The van der Waals surface area contributed by atoms with Gasteiger partial charge in [-0.25, -0.2) is 0 Å². The van der Waals surface area contributed by atoms with E-state index in [1.807, 2.05) is 0 Å². The molecule has 12 heteroatoms. The zero-order valence-electron chi connectivity index (χ0n) is 17.8. The first-order chi connectivity index (χ1) is 15.6. The van der Waals surface area contributed by atoms with Crippen molar-refractivity contribution < 1.29 is 27.4 Å². The van der Waals surface area contributed by atoms with Crippen LogP contribution in [0.5, 0.6) is 11.5 Å². The first kappa shape index (κ1) is 24.7. The molecule has 1 heterocycles. The highest BCUT2D eigenvalue weighted by Crippen LogP contribution is 2.34. The number of amides is 1. The standard InChI is InChI=1S/C21H20ClF3N4O3S/c1-12(32-15-6-4-5-14(10-15)31-3)19-27-28-20(29(19)2)33-11-18(30)26-17-9-13(21(23,24)25)7-8-16(17)22/h4-10,12H,11H2,1-3H3,(H,26,30). The third-order valence-corrected chi connectivity index (χ3v) is 5.84. The third kappa shape index (κ3) is 6.32. The maximum Gasteiger partial charge on any atom is 0.416 e. The fourth-order valence-electron chi connectivity index (χ4n) is 2.85. The number of hydrogen-bond acceptors (Lipinski definition) is 6. The van der Waals surface area contributed by atoms with Gasteiger partial charge < -0.3 is 19.4 Å². The Balaban J connectivity index is 1.62. The van der Waals surface area contributed by atoms with Crippen LogP contribution in [0.2, 0.25) is 5.02 Å². The molecule has 0 saturated carbocycles. The number of alkyl halides is 3. The summed E-state index contributed by atoms with van der Waals surface area (Å²) >= 11 is 7.00. The number of rotatable bonds is 8. The lowest BCUT2D eigenvalue weighted by atomic mass is 10.2. The van der Waals surface area contributed by atoms with Crippen molar-refractivity contribution in [1.82, 2.24) is 14.8 Å². The summed E-state index contributed by atoms with van der Waals surface area (Å²) in [6, 6.07) is 9.86. The normalized spacial score (nSPS) is 12.3. The molecule has 0 saturated heterocycles. The molecule has 176 valence electrons. The molecule has 1 unspecified atom stereocenters. The van der Waals surface area contributed by atoms with Gasteiger partial charge in [-0.05, 0) is 37.3 Å². The van der Waals surface area contributed by atoms with Crippen LogP contribution >= 0.6 is 23.4 Å². The second-order valence-electron chi connectivity index (χ2n) is 6.87. The largest absolute Gasteiger partial charge is 0.497 e. The summed E-state index contributed by atoms with van der Waals surface area (Å²) in [7, 11) is 3.29. The molecule has 7 nitrogen and oxygen atoms in total. The second kappa shape index (κ2) is 10.3. The minimum absolute atomic E-state index is 0.00538. The van der Waals surface area contributed by atoms with Gasteiger partial charge in [-0.1, -0.05) is 29.4 Å². The van der Waals surface area contributed by atoms with Crippen LogP contribution in [0.4, 0.5) is 18.9 Å². The van der Waals surface area contributed by atoms with Crippen molar-refractivity contribution >= 4 is 35.0 Å². The highest BCUT2D eigenvalue weighted by molar-refractivity contribution is 7.99. The predicted octanol–water partition coefficient (Wildman–Crippen LogP) is 5.37. The Morgan fingerprint density at radius 3 is 2.64 bits per heavy atom. The van der Waals surface area contributed by atoms with Crippen LogP contribution in [0.1, 0.15) is 24.4 Å². The first-order valence-electron chi connectivity index (χ1n) is 9.58. The maximum atomic E-state index is 12.9. The van der Waals surface area contributed by atoms with E-state index in [2.05, 4.69) is 15.5 Å². The highest BCUT2D eigenvalue weighted by atomic mass is 35.5. The van der Waals surface area contributed by atoms with E-state index in [-0.39, 0.29) is 16.5 Å². The van der Waals surface area contributed by atoms with Crippen LogP contribution in [0.3, 0.4) is 0 Å². The molecule has 2 aromatic carbocycles. The van der Waals surface area contributed by atoms with Crippen molar-refractivity contribution in [1.29, 1.82) is 0 Å². The number of nitrogens with one attached hydrogen (secondary N) is 1. The molecule has 1 amide bonds. The van der Waals surface area contributed by atoms with Gasteiger partial charge >= 0.3 is 6.18 Å². The zero-order chi connectivity index (χ0) is 24.2. The predicted molar refractivity (Wildman–Crippen MR) is 119 cm³/mol. The first-order valence-corrected chi connectivity index (χ1v) is 10.9. The Kier molecular flexibility index (Phi) is 7.75. The summed E-state index contributed by atoms with van der Waals surface area (Å²) in [5.41, 5.74) is -1.02. The van der Waals surface area contributed by atoms with Crippen molar-refractivity contribution in [2.45, 2.75) is 24.4 Å². The van der Waals surface area contributed by atoms with Crippen molar-refractivity contribution in [3.63, 3.8) is 0 Å². The van der Waals surface area contributed by atoms with Gasteiger partial charge in [0, 0.05) is 13.1 Å². The summed E-state index contributed by atoms with van der Waals surface area (Å²) in [5.74, 6) is 1.13. The number of carbonyl (C=O) groups is 1. The molecular formula is C21H20ClF3N4O3S. The van der Waals surface area contributed by atoms with Gasteiger partial charge in [0.1, 0.15) is 11.5 Å². The average Bonchev–Trinajstić information content (AvgIpc) is 3.13. The van der Waals surface area contributed by atoms with E-state index in [9.17, 15) is 18.0 Å². The SMILES string of the molecule is COc1cccc(OC(C)c2nnc(SCC(=O)Nc3cc(C(F)(F)F)ccc3Cl)n2C)c1. The maximum absolute atomic E-state index is 12.9. The van der Waals surface area contributed by atoms with Crippen molar-refractivity contribution in [2.24, 2.45) is 7.05 Å². The minimum atomic E-state index is -4.54. The highest BCUT2D eigenvalue weighted by Gasteiger charge is 2.31. The van der Waals surface area contributed by atoms with E-state index in [1.54, 1.807) is 49.9 Å². The third-order valence-electron chi connectivity index (χ3n) is 4.49. The molecule has 1 atom stereocenters. The second-order valence-corrected chi connectivity index (χ2v) is 8.22. The Bertz CT molecular complexity index is 1140. The Morgan fingerprint density at radius 2 is 1.94 bits per heavy atom. The number of thioether (sulfide) groups is 1. The minimum Gasteiger partial charge on any atom is -0.497 e. The molecule has 0 spiro atoms. The Hall–Kier alpha value is -2.92. The van der Waals surface area contributed by atoms with Gasteiger partial charge in [0.05, 0.1) is 29.1 Å². The zero-order valence-corrected chi connectivity index (χ0v) is 19.4. The molecular weight excluding hydrogens is 481 g/mol. The van der Waals surface area contributed by atoms with Crippen LogP contribution in [-0.4, -0.2) is 33.5 Å². The van der Waals surface area contributed by atoms with Crippen molar-refractivity contribution in [3.8, 4) is 11.5 Å². The fourth-order valence-corrected chi connectivity index (χ4v) is 3.73. The number of benzene rings is 2. The number of aromatic nitrogens is 3. The van der Waals surface area contributed by atoms with Crippen molar-refractivity contribution in [2.75, 3.05) is 18.2 Å². The molecule has 1 N–H and O–H groups in total. The number of nitrogens with zero attached hydrogens (tertiary/aromatic N) is 3. The number of hydrogen-bond donors (Lipinski definition) is 1. The van der Waals surface area contributed by atoms with Gasteiger partial charge in [0.2, 0.25) is 5.91 Å². The molecule has 0 aliphatic heterocycles. The molecule has 0 fully saturated rings. The molecule has 3 rings (SSSR count). The monoisotopic (exact) mass is 500 g/mol. The molecule has 0 aliphatic carbocycles. The van der Waals surface area contributed by atoms with Gasteiger partial charge in [0.25, 0.3) is 0 Å². The summed E-state index contributed by atoms with van der Waals surface area (Å²) in [5, 5.41) is 11.0. The van der Waals surface area contributed by atoms with Crippen LogP contribution in [0, 0.1) is 0 Å². The van der Waals surface area contributed by atoms with Crippen LogP contribution in [0.15, 0.2) is 47.6 Å². The van der Waals surface area contributed by atoms with Gasteiger partial charge in [-0.3, -0.25) is 4.79 Å². The summed E-state index contributed by atoms with van der Waals surface area (Å²) in [6.07, 6.45) is -4.99. The molecule has 0 aliphatic rings. The van der Waals surface area contributed by atoms with Gasteiger partial charge in [0.15, 0.2) is 17.1 Å². The molecule has 0 radical (unpaired) electrons. The Labute approximate surface area is 197 Å². The summed E-state index contributed by atoms with van der Waals surface area (Å²) in [6.45, 7) is 1.81.